The van der Waals surface area contributed by atoms with Gasteiger partial charge in [0.15, 0.2) is 0 Å². The molecule has 0 aliphatic carbocycles. The molecule has 0 rings (SSSR count). The molecule has 0 aromatic carbocycles. The molecule has 0 aromatic rings. The number of nitrogens with one attached hydrogen (secondary N) is 1. The zero-order valence-electron chi connectivity index (χ0n) is 12.5. The van der Waals surface area contributed by atoms with Crippen molar-refractivity contribution in [2.75, 3.05) is 13.2 Å². The summed E-state index contributed by atoms with van der Waals surface area (Å²) < 4.78 is 0. The van der Waals surface area contributed by atoms with Gasteiger partial charge in [0.2, 0.25) is 0 Å². The Bertz CT molecular complexity index is 264. The number of rotatable bonds is 11. The van der Waals surface area contributed by atoms with Crippen molar-refractivity contribution in [3.05, 3.63) is 0 Å². The molecule has 19 heavy (non-hydrogen) atoms. The monoisotopic (exact) mass is 272 g/mol. The number of aliphatic hydroxyl groups is 1. The van der Waals surface area contributed by atoms with Gasteiger partial charge >= 0.3 is 5.97 Å². The Morgan fingerprint density at radius 1 is 1.42 bits per heavy atom. The first kappa shape index (κ1) is 18.4. The van der Waals surface area contributed by atoms with Crippen molar-refractivity contribution in [1.82, 2.24) is 5.32 Å². The van der Waals surface area contributed by atoms with E-state index in [1.54, 1.807) is 0 Å². The van der Waals surface area contributed by atoms with E-state index in [2.05, 4.69) is 27.0 Å². The number of aliphatic carboxylic acids is 1. The maximum atomic E-state index is 11.3. The van der Waals surface area contributed by atoms with Crippen LogP contribution in [0.4, 0.5) is 0 Å². The molecule has 5 nitrogen and oxygen atoms in total. The number of carboxylic acids is 1. The minimum Gasteiger partial charge on any atom is -0.480 e. The fourth-order valence-electron chi connectivity index (χ4n) is 2.08. The van der Waals surface area contributed by atoms with E-state index in [9.17, 15) is 15.0 Å². The molecule has 0 heterocycles. The summed E-state index contributed by atoms with van der Waals surface area (Å²) in [6.45, 7) is 4.34. The van der Waals surface area contributed by atoms with Gasteiger partial charge in [-0.25, -0.2) is 0 Å². The molecule has 0 amide bonds. The van der Waals surface area contributed by atoms with Crippen molar-refractivity contribution in [2.45, 2.75) is 57.4 Å². The summed E-state index contributed by atoms with van der Waals surface area (Å²) in [7, 11) is 2.07. The second kappa shape index (κ2) is 9.34. The lowest BCUT2D eigenvalue weighted by atomic mass is 9.90. The summed E-state index contributed by atoms with van der Waals surface area (Å²) in [6, 6.07) is -0.0894. The molecule has 0 aliphatic heterocycles. The van der Waals surface area contributed by atoms with Gasteiger partial charge in [-0.3, -0.25) is 4.79 Å². The standard InChI is InChI=1S/C13H29BN2O3/c1-10(2)7-11(8-17)16-9-13(15,12(18)19)5-3-4-6-14/h10-11,16-17H,3-9,14-15H2,1-2H3,(H,18,19)/t11-,13?/m0/s1. The van der Waals surface area contributed by atoms with Crippen molar-refractivity contribution in [3.63, 3.8) is 0 Å². The molecule has 0 fully saturated rings. The summed E-state index contributed by atoms with van der Waals surface area (Å²) in [4.78, 5) is 11.3. The lowest BCUT2D eigenvalue weighted by molar-refractivity contribution is -0.143. The number of carbonyl (C=O) groups is 1. The van der Waals surface area contributed by atoms with Crippen LogP contribution in [0.25, 0.3) is 0 Å². The van der Waals surface area contributed by atoms with Crippen LogP contribution in [-0.4, -0.2) is 48.8 Å². The van der Waals surface area contributed by atoms with Gasteiger partial charge in [-0.15, -0.1) is 0 Å². The Kier molecular flexibility index (Phi) is 9.05. The van der Waals surface area contributed by atoms with Crippen LogP contribution in [0.1, 0.15) is 39.5 Å². The maximum absolute atomic E-state index is 11.3. The summed E-state index contributed by atoms with van der Waals surface area (Å²) in [5, 5.41) is 21.6. The molecule has 0 saturated carbocycles. The molecule has 1 unspecified atom stereocenters. The van der Waals surface area contributed by atoms with Crippen LogP contribution in [0, 0.1) is 5.92 Å². The molecule has 0 aromatic heterocycles. The summed E-state index contributed by atoms with van der Waals surface area (Å²) >= 11 is 0. The first-order chi connectivity index (χ1) is 8.85. The molecule has 6 heteroatoms. The SMILES string of the molecule is BCCCCC(N)(CN[C@H](CO)CC(C)C)C(=O)O. The molecular formula is C13H29BN2O3. The van der Waals surface area contributed by atoms with Gasteiger partial charge in [-0.2, -0.15) is 0 Å². The molecule has 112 valence electrons. The molecule has 0 saturated heterocycles. The van der Waals surface area contributed by atoms with Gasteiger partial charge < -0.3 is 21.3 Å². The van der Waals surface area contributed by atoms with Gasteiger partial charge in [-0.1, -0.05) is 33.0 Å². The second-order valence-corrected chi connectivity index (χ2v) is 5.81. The number of carboxylic acid groups (broad SMARTS) is 1. The Labute approximate surface area is 117 Å². The first-order valence-corrected chi connectivity index (χ1v) is 7.22. The van der Waals surface area contributed by atoms with E-state index in [4.69, 9.17) is 5.73 Å². The third-order valence-corrected chi connectivity index (χ3v) is 3.33. The Balaban J connectivity index is 4.36. The van der Waals surface area contributed by atoms with Crippen molar-refractivity contribution in [2.24, 2.45) is 11.7 Å². The Hall–Kier alpha value is -0.585. The maximum Gasteiger partial charge on any atom is 0.325 e. The van der Waals surface area contributed by atoms with Gasteiger partial charge in [0, 0.05) is 12.6 Å². The highest BCUT2D eigenvalue weighted by atomic mass is 16.4. The zero-order valence-corrected chi connectivity index (χ0v) is 12.5. The minimum atomic E-state index is -1.24. The summed E-state index contributed by atoms with van der Waals surface area (Å²) in [5.41, 5.74) is 4.74. The number of unbranched alkanes of at least 4 members (excludes halogenated alkanes) is 1. The average Bonchev–Trinajstić information content (AvgIpc) is 2.34. The molecule has 0 radical (unpaired) electrons. The van der Waals surface area contributed by atoms with Crippen LogP contribution in [-0.2, 0) is 4.79 Å². The van der Waals surface area contributed by atoms with E-state index in [1.165, 1.54) is 0 Å². The molecule has 0 spiro atoms. The van der Waals surface area contributed by atoms with Crippen LogP contribution in [0.2, 0.25) is 6.32 Å². The topological polar surface area (TPSA) is 95.6 Å². The van der Waals surface area contributed by atoms with E-state index in [-0.39, 0.29) is 19.2 Å². The predicted octanol–water partition coefficient (Wildman–Crippen LogP) is -0.0132. The third kappa shape index (κ3) is 7.55. The smallest absolute Gasteiger partial charge is 0.325 e. The molecule has 2 atom stereocenters. The van der Waals surface area contributed by atoms with E-state index < -0.39 is 11.5 Å². The third-order valence-electron chi connectivity index (χ3n) is 3.33. The van der Waals surface area contributed by atoms with Crippen LogP contribution >= 0.6 is 0 Å². The molecule has 5 N–H and O–H groups in total. The quantitative estimate of drug-likeness (QED) is 0.313. The number of nitrogens with two attached hydrogens (primary N) is 1. The van der Waals surface area contributed by atoms with Crippen molar-refractivity contribution in [1.29, 1.82) is 0 Å². The van der Waals surface area contributed by atoms with Gasteiger partial charge in [-0.05, 0) is 18.8 Å². The van der Waals surface area contributed by atoms with E-state index in [0.29, 0.717) is 12.3 Å². The highest BCUT2D eigenvalue weighted by Gasteiger charge is 2.33. The fourth-order valence-corrected chi connectivity index (χ4v) is 2.08. The zero-order chi connectivity index (χ0) is 14.9. The lowest BCUT2D eigenvalue weighted by Crippen LogP contribution is -2.57. The van der Waals surface area contributed by atoms with E-state index in [1.807, 2.05) is 0 Å². The molecule has 0 aliphatic rings. The number of aliphatic hydroxyl groups excluding tert-OH is 1. The van der Waals surface area contributed by atoms with Gasteiger partial charge in [0.05, 0.1) is 6.61 Å². The molecule has 0 bridgehead atoms. The summed E-state index contributed by atoms with van der Waals surface area (Å²) in [5.74, 6) is -0.529. The van der Waals surface area contributed by atoms with Crippen molar-refractivity contribution >= 4 is 13.8 Å². The first-order valence-electron chi connectivity index (χ1n) is 7.22. The molecular weight excluding hydrogens is 243 g/mol. The lowest BCUT2D eigenvalue weighted by Gasteiger charge is -2.28. The van der Waals surface area contributed by atoms with E-state index in [0.717, 1.165) is 25.6 Å². The minimum absolute atomic E-state index is 0.00282. The summed E-state index contributed by atoms with van der Waals surface area (Å²) in [6.07, 6.45) is 4.11. The van der Waals surface area contributed by atoms with Crippen LogP contribution in [0.5, 0.6) is 0 Å². The Morgan fingerprint density at radius 2 is 2.05 bits per heavy atom. The average molecular weight is 272 g/mol. The van der Waals surface area contributed by atoms with Crippen LogP contribution in [0.3, 0.4) is 0 Å². The van der Waals surface area contributed by atoms with Crippen molar-refractivity contribution in [3.8, 4) is 0 Å². The second-order valence-electron chi connectivity index (χ2n) is 5.81. The van der Waals surface area contributed by atoms with Crippen LogP contribution < -0.4 is 11.1 Å². The van der Waals surface area contributed by atoms with Gasteiger partial charge in [0.1, 0.15) is 13.4 Å². The predicted molar refractivity (Wildman–Crippen MR) is 80.1 cm³/mol. The van der Waals surface area contributed by atoms with Gasteiger partial charge in [0.25, 0.3) is 0 Å². The highest BCUT2D eigenvalue weighted by Crippen LogP contribution is 2.13. The normalized spacial score (nSPS) is 16.3. The highest BCUT2D eigenvalue weighted by molar-refractivity contribution is 6.08. The van der Waals surface area contributed by atoms with Crippen LogP contribution in [0.15, 0.2) is 0 Å². The number of hydrogen-bond acceptors (Lipinski definition) is 4. The van der Waals surface area contributed by atoms with Crippen molar-refractivity contribution < 1.29 is 15.0 Å². The largest absolute Gasteiger partial charge is 0.480 e. The number of hydrogen-bond donors (Lipinski definition) is 4. The van der Waals surface area contributed by atoms with E-state index >= 15 is 0 Å². The Morgan fingerprint density at radius 3 is 2.47 bits per heavy atom. The fraction of sp³-hybridized carbons (Fsp3) is 0.923.